The third kappa shape index (κ3) is 4.87. The summed E-state index contributed by atoms with van der Waals surface area (Å²) >= 11 is 0. The van der Waals surface area contributed by atoms with Crippen LogP contribution in [0.2, 0.25) is 0 Å². The molecule has 4 aliphatic rings. The normalized spacial score (nSPS) is 19.7. The molecule has 2 atom stereocenters. The van der Waals surface area contributed by atoms with Crippen molar-refractivity contribution in [3.8, 4) is 11.1 Å². The van der Waals surface area contributed by atoms with E-state index in [2.05, 4.69) is 202 Å². The zero-order chi connectivity index (χ0) is 39.5. The van der Waals surface area contributed by atoms with Gasteiger partial charge in [0.2, 0.25) is 0 Å². The van der Waals surface area contributed by atoms with Gasteiger partial charge in [-0.2, -0.15) is 0 Å². The monoisotopic (exact) mass is 751 g/mol. The highest BCUT2D eigenvalue weighted by molar-refractivity contribution is 7.00. The molecule has 58 heavy (non-hydrogen) atoms. The van der Waals surface area contributed by atoms with Crippen molar-refractivity contribution in [1.82, 2.24) is 0 Å². The quantitative estimate of drug-likeness (QED) is 0.162. The molecular formula is C54H50BN3. The fraction of sp³-hybridized carbons (Fsp3) is 0.222. The Kier molecular flexibility index (Phi) is 7.74. The minimum absolute atomic E-state index is 0.0194. The van der Waals surface area contributed by atoms with Crippen LogP contribution in [-0.4, -0.2) is 12.3 Å². The number of rotatable bonds is 5. The predicted octanol–water partition coefficient (Wildman–Crippen LogP) is 12.4. The first-order valence-electron chi connectivity index (χ1n) is 21.3. The third-order valence-corrected chi connectivity index (χ3v) is 14.5. The van der Waals surface area contributed by atoms with Gasteiger partial charge in [0.15, 0.2) is 0 Å². The van der Waals surface area contributed by atoms with E-state index in [0.717, 1.165) is 6.42 Å². The van der Waals surface area contributed by atoms with Crippen molar-refractivity contribution in [2.45, 2.75) is 78.2 Å². The molecule has 2 unspecified atom stereocenters. The molecule has 7 aromatic carbocycles. The lowest BCUT2D eigenvalue weighted by atomic mass is 9.33. The average Bonchev–Trinajstić information content (AvgIpc) is 3.44. The summed E-state index contributed by atoms with van der Waals surface area (Å²) in [7, 11) is 0. The minimum Gasteiger partial charge on any atom is -0.335 e. The Morgan fingerprint density at radius 2 is 1.17 bits per heavy atom. The zero-order valence-corrected chi connectivity index (χ0v) is 34.6. The van der Waals surface area contributed by atoms with Crippen LogP contribution in [-0.2, 0) is 5.41 Å². The number of para-hydroxylation sites is 2. The second-order valence-corrected chi connectivity index (χ2v) is 18.0. The molecule has 1 fully saturated rings. The van der Waals surface area contributed by atoms with Gasteiger partial charge in [-0.1, -0.05) is 117 Å². The molecule has 0 saturated heterocycles. The van der Waals surface area contributed by atoms with Crippen LogP contribution in [0.25, 0.3) is 11.1 Å². The molecule has 3 aliphatic heterocycles. The van der Waals surface area contributed by atoms with E-state index in [1.807, 2.05) is 0 Å². The molecule has 11 rings (SSSR count). The third-order valence-electron chi connectivity index (χ3n) is 14.5. The topological polar surface area (TPSA) is 9.72 Å². The highest BCUT2D eigenvalue weighted by Crippen LogP contribution is 2.63. The summed E-state index contributed by atoms with van der Waals surface area (Å²) in [5, 5.41) is 0. The van der Waals surface area contributed by atoms with Gasteiger partial charge in [0.25, 0.3) is 6.71 Å². The molecule has 0 aromatic heterocycles. The summed E-state index contributed by atoms with van der Waals surface area (Å²) in [6.45, 7) is 14.2. The van der Waals surface area contributed by atoms with Crippen molar-refractivity contribution in [3.63, 3.8) is 0 Å². The van der Waals surface area contributed by atoms with E-state index in [4.69, 9.17) is 0 Å². The summed E-state index contributed by atoms with van der Waals surface area (Å²) in [5.41, 5.74) is 23.4. The van der Waals surface area contributed by atoms with Gasteiger partial charge in [0.05, 0.1) is 11.2 Å². The highest BCUT2D eigenvalue weighted by Gasteiger charge is 2.61. The van der Waals surface area contributed by atoms with Gasteiger partial charge in [-0.25, -0.2) is 0 Å². The highest BCUT2D eigenvalue weighted by atomic mass is 15.3. The van der Waals surface area contributed by atoms with Gasteiger partial charge in [-0.05, 0) is 151 Å². The first kappa shape index (κ1) is 35.2. The number of hydrogen-bond donors (Lipinski definition) is 0. The van der Waals surface area contributed by atoms with Crippen molar-refractivity contribution in [1.29, 1.82) is 0 Å². The fourth-order valence-electron chi connectivity index (χ4n) is 11.5. The first-order chi connectivity index (χ1) is 28.2. The van der Waals surface area contributed by atoms with Crippen LogP contribution < -0.4 is 31.1 Å². The molecule has 1 saturated carbocycles. The van der Waals surface area contributed by atoms with Crippen molar-refractivity contribution >= 4 is 68.6 Å². The molecule has 3 heterocycles. The Hall–Kier alpha value is -6.00. The van der Waals surface area contributed by atoms with Crippen molar-refractivity contribution < 1.29 is 0 Å². The summed E-state index contributed by atoms with van der Waals surface area (Å²) in [5.74, 6) is 0. The lowest BCUT2D eigenvalue weighted by Crippen LogP contribution is -2.64. The van der Waals surface area contributed by atoms with Crippen LogP contribution in [0.3, 0.4) is 0 Å². The van der Waals surface area contributed by atoms with Crippen LogP contribution in [0, 0.1) is 27.7 Å². The van der Waals surface area contributed by atoms with Gasteiger partial charge < -0.3 is 14.7 Å². The maximum absolute atomic E-state index is 2.87. The second-order valence-electron chi connectivity index (χ2n) is 18.0. The van der Waals surface area contributed by atoms with Gasteiger partial charge in [0.1, 0.15) is 0 Å². The molecule has 7 aromatic rings. The lowest BCUT2D eigenvalue weighted by molar-refractivity contribution is 0.195. The van der Waals surface area contributed by atoms with Gasteiger partial charge in [0, 0.05) is 45.2 Å². The summed E-state index contributed by atoms with van der Waals surface area (Å²) < 4.78 is 0. The average molecular weight is 752 g/mol. The Morgan fingerprint density at radius 3 is 1.90 bits per heavy atom. The standard InChI is InChI=1S/C54H50BN3/c1-35-17-14-23-41(29-35)56(42-24-15-18-36(2)30-42)43-33-48-50-49(34-43)58-52-44(53(5)27-12-13-28-54(53,58)6)31-40(39-21-8-7-9-22-39)32-46(52)55(50)45-25-16-20-38(4)51(45)57(48)47-26-11-10-19-37(47)3/h7-11,14-26,29-34H,12-13,27-28H2,1-6H3. The number of hydrogen-bond acceptors (Lipinski definition) is 3. The van der Waals surface area contributed by atoms with Crippen LogP contribution in [0.4, 0.5) is 45.5 Å². The molecule has 0 bridgehead atoms. The number of aryl methyl sites for hydroxylation is 4. The van der Waals surface area contributed by atoms with Gasteiger partial charge >= 0.3 is 0 Å². The molecule has 3 nitrogen and oxygen atoms in total. The minimum atomic E-state index is -0.104. The van der Waals surface area contributed by atoms with E-state index in [1.165, 1.54) is 120 Å². The summed E-state index contributed by atoms with van der Waals surface area (Å²) in [6.07, 6.45) is 4.82. The number of nitrogens with zero attached hydrogens (tertiary/aromatic N) is 3. The maximum Gasteiger partial charge on any atom is 0.252 e. The lowest BCUT2D eigenvalue weighted by Gasteiger charge is -2.53. The molecule has 0 N–H and O–H groups in total. The summed E-state index contributed by atoms with van der Waals surface area (Å²) in [6, 6.07) is 55.4. The van der Waals surface area contributed by atoms with E-state index < -0.39 is 0 Å². The molecule has 284 valence electrons. The summed E-state index contributed by atoms with van der Waals surface area (Å²) in [4.78, 5) is 7.99. The van der Waals surface area contributed by atoms with Crippen LogP contribution >= 0.6 is 0 Å². The Labute approximate surface area is 344 Å². The zero-order valence-electron chi connectivity index (χ0n) is 34.6. The van der Waals surface area contributed by atoms with E-state index in [9.17, 15) is 0 Å². The molecule has 1 aliphatic carbocycles. The Bertz CT molecular complexity index is 2760. The van der Waals surface area contributed by atoms with E-state index in [1.54, 1.807) is 0 Å². The van der Waals surface area contributed by atoms with Crippen LogP contribution in [0.1, 0.15) is 67.3 Å². The molecule has 0 spiro atoms. The molecule has 0 amide bonds. The van der Waals surface area contributed by atoms with Crippen LogP contribution in [0.5, 0.6) is 0 Å². The number of benzene rings is 7. The first-order valence-corrected chi connectivity index (χ1v) is 21.3. The maximum atomic E-state index is 2.87. The number of fused-ring (bicyclic) bond motifs is 7. The van der Waals surface area contributed by atoms with Gasteiger partial charge in [-0.15, -0.1) is 0 Å². The van der Waals surface area contributed by atoms with Crippen LogP contribution in [0.15, 0.2) is 146 Å². The van der Waals surface area contributed by atoms with Gasteiger partial charge in [-0.3, -0.25) is 0 Å². The molecular weight excluding hydrogens is 701 g/mol. The van der Waals surface area contributed by atoms with Crippen molar-refractivity contribution in [3.05, 3.63) is 173 Å². The van der Waals surface area contributed by atoms with Crippen molar-refractivity contribution in [2.24, 2.45) is 0 Å². The SMILES string of the molecule is Cc1cccc(N(c2cccc(C)c2)c2cc3c4c(c2)N2c5c(cc(-c6ccccc6)cc5C5(C)CCCCC25C)B4c2cccc(C)c2N3c2ccccc2C)c1. The van der Waals surface area contributed by atoms with Crippen molar-refractivity contribution in [2.75, 3.05) is 14.7 Å². The van der Waals surface area contributed by atoms with E-state index in [-0.39, 0.29) is 17.7 Å². The van der Waals surface area contributed by atoms with E-state index >= 15 is 0 Å². The predicted molar refractivity (Wildman–Crippen MR) is 248 cm³/mol. The fourth-order valence-corrected chi connectivity index (χ4v) is 11.5. The largest absolute Gasteiger partial charge is 0.335 e. The molecule has 0 radical (unpaired) electrons. The van der Waals surface area contributed by atoms with E-state index in [0.29, 0.717) is 0 Å². The second kappa shape index (κ2) is 12.8. The Morgan fingerprint density at radius 1 is 0.517 bits per heavy atom. The smallest absolute Gasteiger partial charge is 0.252 e. The molecule has 4 heteroatoms. The number of anilines is 8. The Balaban J connectivity index is 1.30.